The van der Waals surface area contributed by atoms with Crippen molar-refractivity contribution in [3.05, 3.63) is 57.2 Å². The number of phenols is 2. The molecule has 0 spiro atoms. The number of carbonyl (C=O) groups is 1. The zero-order valence-electron chi connectivity index (χ0n) is 18.2. The highest BCUT2D eigenvalue weighted by Crippen LogP contribution is 2.43. The summed E-state index contributed by atoms with van der Waals surface area (Å²) in [7, 11) is 1.89. The summed E-state index contributed by atoms with van der Waals surface area (Å²) in [5.41, 5.74) is 0.327. The third-order valence-electron chi connectivity index (χ3n) is 5.78. The van der Waals surface area contributed by atoms with Crippen molar-refractivity contribution in [2.24, 2.45) is 0 Å². The molecule has 0 saturated carbocycles. The molecule has 0 bridgehead atoms. The fourth-order valence-electron chi connectivity index (χ4n) is 4.27. The maximum Gasteiger partial charge on any atom is 0.508 e. The van der Waals surface area contributed by atoms with Crippen LogP contribution in [0.1, 0.15) is 24.8 Å². The van der Waals surface area contributed by atoms with Crippen molar-refractivity contribution in [2.75, 3.05) is 26.7 Å². The molecule has 3 aromatic rings. The summed E-state index contributed by atoms with van der Waals surface area (Å²) in [5.74, 6) is -0.966. The van der Waals surface area contributed by atoms with Crippen LogP contribution >= 0.6 is 11.6 Å². The average Bonchev–Trinajstić information content (AvgIpc) is 2.75. The zero-order valence-corrected chi connectivity index (χ0v) is 19.0. The summed E-state index contributed by atoms with van der Waals surface area (Å²) in [6.07, 6.45) is -0.979. The first-order valence-corrected chi connectivity index (χ1v) is 11.0. The van der Waals surface area contributed by atoms with Gasteiger partial charge in [0.25, 0.3) is 0 Å². The second-order valence-corrected chi connectivity index (χ2v) is 8.39. The van der Waals surface area contributed by atoms with Gasteiger partial charge in [-0.15, -0.1) is 0 Å². The number of hydrogen-bond acceptors (Lipinski definition) is 8. The predicted octanol–water partition coefficient (Wildman–Crippen LogP) is 4.49. The van der Waals surface area contributed by atoms with Crippen LogP contribution in [0.2, 0.25) is 5.02 Å². The van der Waals surface area contributed by atoms with E-state index >= 15 is 0 Å². The van der Waals surface area contributed by atoms with E-state index in [4.69, 9.17) is 25.5 Å². The van der Waals surface area contributed by atoms with E-state index in [-0.39, 0.29) is 34.6 Å². The largest absolute Gasteiger partial charge is 0.508 e. The van der Waals surface area contributed by atoms with Gasteiger partial charge in [-0.3, -0.25) is 4.79 Å². The highest BCUT2D eigenvalue weighted by molar-refractivity contribution is 6.33. The molecule has 174 valence electrons. The number of piperidine rings is 1. The summed E-state index contributed by atoms with van der Waals surface area (Å²) in [5, 5.41) is 21.6. The first kappa shape index (κ1) is 22.9. The van der Waals surface area contributed by atoms with E-state index < -0.39 is 29.4 Å². The Kier molecular flexibility index (Phi) is 6.49. The van der Waals surface area contributed by atoms with Crippen LogP contribution in [0.4, 0.5) is 4.79 Å². The average molecular weight is 474 g/mol. The van der Waals surface area contributed by atoms with Crippen LogP contribution < -0.4 is 5.43 Å². The highest BCUT2D eigenvalue weighted by Gasteiger charge is 2.36. The summed E-state index contributed by atoms with van der Waals surface area (Å²) in [6.45, 7) is 2.88. The van der Waals surface area contributed by atoms with Crippen molar-refractivity contribution in [2.45, 2.75) is 25.4 Å². The maximum absolute atomic E-state index is 13.0. The molecule has 2 N–H and O–H groups in total. The van der Waals surface area contributed by atoms with Gasteiger partial charge in [0.1, 0.15) is 34.3 Å². The molecule has 0 amide bonds. The number of hydrogen-bond donors (Lipinski definition) is 2. The van der Waals surface area contributed by atoms with E-state index in [2.05, 4.69) is 0 Å². The van der Waals surface area contributed by atoms with Gasteiger partial charge in [-0.1, -0.05) is 23.7 Å². The molecule has 0 aliphatic carbocycles. The Balaban J connectivity index is 1.91. The second-order valence-electron chi connectivity index (χ2n) is 7.98. The Morgan fingerprint density at radius 3 is 2.73 bits per heavy atom. The number of benzene rings is 2. The highest BCUT2D eigenvalue weighted by atomic mass is 35.5. The van der Waals surface area contributed by atoms with Crippen molar-refractivity contribution in [1.82, 2.24) is 4.90 Å². The van der Waals surface area contributed by atoms with Crippen LogP contribution in [0.25, 0.3) is 22.3 Å². The molecule has 1 aromatic heterocycles. The van der Waals surface area contributed by atoms with E-state index in [1.165, 1.54) is 6.07 Å². The lowest BCUT2D eigenvalue weighted by Crippen LogP contribution is -2.43. The van der Waals surface area contributed by atoms with Gasteiger partial charge in [-0.2, -0.15) is 0 Å². The molecule has 1 aliphatic heterocycles. The number of phenolic OH excluding ortho intramolecular Hbond substituents is 2. The van der Waals surface area contributed by atoms with Crippen molar-refractivity contribution < 1.29 is 28.9 Å². The van der Waals surface area contributed by atoms with Crippen molar-refractivity contribution >= 4 is 28.7 Å². The van der Waals surface area contributed by atoms with Crippen molar-refractivity contribution in [3.8, 4) is 22.8 Å². The van der Waals surface area contributed by atoms with Crippen LogP contribution in [0.5, 0.6) is 11.5 Å². The molecule has 1 aliphatic rings. The number of halogens is 1. The lowest BCUT2D eigenvalue weighted by atomic mass is 9.85. The van der Waals surface area contributed by atoms with Gasteiger partial charge in [-0.05, 0) is 39.1 Å². The number of aromatic hydroxyl groups is 2. The third kappa shape index (κ3) is 4.49. The van der Waals surface area contributed by atoms with Gasteiger partial charge in [0.15, 0.2) is 5.43 Å². The van der Waals surface area contributed by atoms with E-state index in [0.717, 1.165) is 6.07 Å². The lowest BCUT2D eigenvalue weighted by Gasteiger charge is -2.36. The molecule has 8 nitrogen and oxygen atoms in total. The number of nitrogens with zero attached hydrogens (tertiary/aromatic N) is 1. The van der Waals surface area contributed by atoms with Gasteiger partial charge < -0.3 is 29.0 Å². The normalized spacial score (nSPS) is 18.9. The summed E-state index contributed by atoms with van der Waals surface area (Å²) in [4.78, 5) is 27.1. The monoisotopic (exact) mass is 473 g/mol. The van der Waals surface area contributed by atoms with Gasteiger partial charge in [0.05, 0.1) is 11.6 Å². The number of rotatable bonds is 4. The van der Waals surface area contributed by atoms with Crippen molar-refractivity contribution in [1.29, 1.82) is 0 Å². The standard InChI is InChI=1S/C24H24ClNO7/c1-3-31-24(30)33-20-12-26(2)9-8-14(20)21-16(27)10-17(28)22-18(29)11-19(32-23(21)22)13-6-4-5-7-15(13)25/h4-7,10-11,14,20,27-28H,3,8-9,12H2,1-2H3/t14-,20+/m0/s1. The zero-order chi connectivity index (χ0) is 23.7. The summed E-state index contributed by atoms with van der Waals surface area (Å²) >= 11 is 6.30. The molecule has 2 aromatic carbocycles. The minimum Gasteiger partial charge on any atom is -0.507 e. The van der Waals surface area contributed by atoms with Crippen LogP contribution in [0.15, 0.2) is 45.6 Å². The third-order valence-corrected chi connectivity index (χ3v) is 6.11. The summed E-state index contributed by atoms with van der Waals surface area (Å²) < 4.78 is 16.6. The summed E-state index contributed by atoms with van der Waals surface area (Å²) in [6, 6.07) is 9.25. The Labute approximate surface area is 194 Å². The molecule has 2 heterocycles. The topological polar surface area (TPSA) is 109 Å². The fourth-order valence-corrected chi connectivity index (χ4v) is 4.50. The smallest absolute Gasteiger partial charge is 0.507 e. The van der Waals surface area contributed by atoms with Crippen LogP contribution in [-0.2, 0) is 9.47 Å². The number of likely N-dealkylation sites (tertiary alicyclic amines) is 1. The fraction of sp³-hybridized carbons (Fsp3) is 0.333. The van der Waals surface area contributed by atoms with Gasteiger partial charge in [0.2, 0.25) is 0 Å². The Bertz CT molecular complexity index is 1260. The van der Waals surface area contributed by atoms with E-state index in [1.807, 2.05) is 11.9 Å². The Hall–Kier alpha value is -3.23. The Morgan fingerprint density at radius 2 is 2.00 bits per heavy atom. The quantitative estimate of drug-likeness (QED) is 0.533. The SMILES string of the molecule is CCOC(=O)O[C@@H]1CN(C)CC[C@@H]1c1c(O)cc(O)c2c(=O)cc(-c3ccccc3Cl)oc12. The molecule has 0 radical (unpaired) electrons. The number of fused-ring (bicyclic) bond motifs is 1. The molecule has 1 fully saturated rings. The molecule has 33 heavy (non-hydrogen) atoms. The molecule has 0 unspecified atom stereocenters. The van der Waals surface area contributed by atoms with Gasteiger partial charge >= 0.3 is 6.16 Å². The van der Waals surface area contributed by atoms with E-state index in [0.29, 0.717) is 30.1 Å². The minimum atomic E-state index is -0.816. The molecular weight excluding hydrogens is 450 g/mol. The molecule has 2 atom stereocenters. The predicted molar refractivity (Wildman–Crippen MR) is 123 cm³/mol. The van der Waals surface area contributed by atoms with Crippen molar-refractivity contribution in [3.63, 3.8) is 0 Å². The number of carbonyl (C=O) groups excluding carboxylic acids is 1. The van der Waals surface area contributed by atoms with Crippen LogP contribution in [0, 0.1) is 0 Å². The maximum atomic E-state index is 13.0. The molecular formula is C24H24ClNO7. The van der Waals surface area contributed by atoms with Crippen LogP contribution in [0.3, 0.4) is 0 Å². The van der Waals surface area contributed by atoms with E-state index in [1.54, 1.807) is 31.2 Å². The first-order chi connectivity index (χ1) is 15.8. The molecule has 9 heteroatoms. The van der Waals surface area contributed by atoms with Gasteiger partial charge in [-0.25, -0.2) is 4.79 Å². The molecule has 1 saturated heterocycles. The van der Waals surface area contributed by atoms with E-state index in [9.17, 15) is 19.8 Å². The molecule has 4 rings (SSSR count). The van der Waals surface area contributed by atoms with Crippen LogP contribution in [-0.4, -0.2) is 54.1 Å². The minimum absolute atomic E-state index is 0.0296. The first-order valence-electron chi connectivity index (χ1n) is 10.6. The lowest BCUT2D eigenvalue weighted by molar-refractivity contribution is -0.00905. The second kappa shape index (κ2) is 9.33. The number of likely N-dealkylation sites (N-methyl/N-ethyl adjacent to an activating group) is 1. The van der Waals surface area contributed by atoms with Gasteiger partial charge in [0, 0.05) is 35.7 Å². The Morgan fingerprint density at radius 1 is 1.24 bits per heavy atom. The number of ether oxygens (including phenoxy) is 2.